The van der Waals surface area contributed by atoms with Crippen molar-refractivity contribution in [2.45, 2.75) is 19.8 Å². The third-order valence-corrected chi connectivity index (χ3v) is 1.97. The summed E-state index contributed by atoms with van der Waals surface area (Å²) in [5.74, 6) is 0. The predicted octanol–water partition coefficient (Wildman–Crippen LogP) is 0.382. The maximum atomic E-state index is 10.4. The molecule has 0 bridgehead atoms. The molecule has 0 amide bonds. The summed E-state index contributed by atoms with van der Waals surface area (Å²) >= 11 is 0. The Balaban J connectivity index is 2.55. The van der Waals surface area contributed by atoms with Crippen molar-refractivity contribution in [3.05, 3.63) is 17.5 Å². The SMILES string of the molecule is CNCCCc1nn(C=O)cc1C. The third-order valence-electron chi connectivity index (χ3n) is 1.97. The standard InChI is InChI=1S/C9H15N3O/c1-8-6-12(7-13)11-9(8)4-3-5-10-2/h6-7,10H,3-5H2,1-2H3. The lowest BCUT2D eigenvalue weighted by Crippen LogP contribution is -2.09. The van der Waals surface area contributed by atoms with Gasteiger partial charge in [0.05, 0.1) is 5.69 Å². The van der Waals surface area contributed by atoms with Crippen LogP contribution < -0.4 is 5.32 Å². The van der Waals surface area contributed by atoms with Gasteiger partial charge in [0.15, 0.2) is 0 Å². The van der Waals surface area contributed by atoms with E-state index in [0.717, 1.165) is 30.6 Å². The number of nitrogens with zero attached hydrogens (tertiary/aromatic N) is 2. The van der Waals surface area contributed by atoms with Crippen LogP contribution in [0, 0.1) is 6.92 Å². The predicted molar refractivity (Wildman–Crippen MR) is 51.4 cm³/mol. The van der Waals surface area contributed by atoms with E-state index >= 15 is 0 Å². The van der Waals surface area contributed by atoms with Gasteiger partial charge >= 0.3 is 0 Å². The van der Waals surface area contributed by atoms with E-state index in [1.165, 1.54) is 4.68 Å². The first-order valence-corrected chi connectivity index (χ1v) is 4.42. The Morgan fingerprint density at radius 1 is 1.69 bits per heavy atom. The number of nitrogens with one attached hydrogen (secondary N) is 1. The van der Waals surface area contributed by atoms with E-state index in [1.54, 1.807) is 6.20 Å². The maximum absolute atomic E-state index is 10.4. The van der Waals surface area contributed by atoms with Gasteiger partial charge < -0.3 is 5.32 Å². The lowest BCUT2D eigenvalue weighted by molar-refractivity contribution is 0.539. The van der Waals surface area contributed by atoms with Crippen molar-refractivity contribution in [3.63, 3.8) is 0 Å². The molecule has 1 heterocycles. The van der Waals surface area contributed by atoms with Crippen molar-refractivity contribution in [3.8, 4) is 0 Å². The fourth-order valence-corrected chi connectivity index (χ4v) is 1.25. The molecule has 1 N–H and O–H groups in total. The smallest absolute Gasteiger partial charge is 0.234 e. The van der Waals surface area contributed by atoms with Crippen molar-refractivity contribution in [1.82, 2.24) is 15.1 Å². The molecule has 0 saturated heterocycles. The van der Waals surface area contributed by atoms with Gasteiger partial charge in [0.25, 0.3) is 0 Å². The number of carbonyl (C=O) groups is 1. The highest BCUT2D eigenvalue weighted by molar-refractivity contribution is 5.50. The molecule has 72 valence electrons. The molecule has 4 heteroatoms. The number of hydrogen-bond donors (Lipinski definition) is 1. The van der Waals surface area contributed by atoms with Crippen LogP contribution in [0.5, 0.6) is 0 Å². The third kappa shape index (κ3) is 2.66. The maximum Gasteiger partial charge on any atom is 0.234 e. The van der Waals surface area contributed by atoms with Crippen LogP contribution in [0.15, 0.2) is 6.20 Å². The summed E-state index contributed by atoms with van der Waals surface area (Å²) in [7, 11) is 1.93. The van der Waals surface area contributed by atoms with Gasteiger partial charge in [0, 0.05) is 6.20 Å². The highest BCUT2D eigenvalue weighted by atomic mass is 16.1. The Hall–Kier alpha value is -1.16. The fourth-order valence-electron chi connectivity index (χ4n) is 1.25. The molecule has 0 radical (unpaired) electrons. The highest BCUT2D eigenvalue weighted by Gasteiger charge is 2.03. The van der Waals surface area contributed by atoms with Crippen LogP contribution in [-0.2, 0) is 11.2 Å². The molecular formula is C9H15N3O. The molecule has 4 nitrogen and oxygen atoms in total. The van der Waals surface area contributed by atoms with E-state index in [1.807, 2.05) is 14.0 Å². The Bertz CT molecular complexity index is 280. The molecule has 1 rings (SSSR count). The largest absolute Gasteiger partial charge is 0.320 e. The minimum atomic E-state index is 0.717. The lowest BCUT2D eigenvalue weighted by atomic mass is 10.2. The lowest BCUT2D eigenvalue weighted by Gasteiger charge is -1.97. The quantitative estimate of drug-likeness (QED) is 0.527. The van der Waals surface area contributed by atoms with Gasteiger partial charge in [-0.2, -0.15) is 5.10 Å². The Morgan fingerprint density at radius 2 is 2.46 bits per heavy atom. The summed E-state index contributed by atoms with van der Waals surface area (Å²) in [5.41, 5.74) is 2.10. The highest BCUT2D eigenvalue weighted by Crippen LogP contribution is 2.06. The first-order chi connectivity index (χ1) is 6.27. The van der Waals surface area contributed by atoms with Gasteiger partial charge in [-0.1, -0.05) is 0 Å². The van der Waals surface area contributed by atoms with Crippen molar-refractivity contribution in [2.75, 3.05) is 13.6 Å². The van der Waals surface area contributed by atoms with E-state index in [9.17, 15) is 4.79 Å². The number of rotatable bonds is 5. The second kappa shape index (κ2) is 4.77. The molecule has 0 aliphatic heterocycles. The number of hydrogen-bond acceptors (Lipinski definition) is 3. The zero-order valence-corrected chi connectivity index (χ0v) is 8.08. The molecule has 13 heavy (non-hydrogen) atoms. The number of carbonyl (C=O) groups excluding carboxylic acids is 1. The first kappa shape index (κ1) is 9.92. The van der Waals surface area contributed by atoms with Gasteiger partial charge in [0.1, 0.15) is 0 Å². The van der Waals surface area contributed by atoms with E-state index in [2.05, 4.69) is 10.4 Å². The number of aromatic nitrogens is 2. The Kier molecular flexibility index (Phi) is 3.64. The zero-order valence-electron chi connectivity index (χ0n) is 8.08. The Morgan fingerprint density at radius 3 is 3.00 bits per heavy atom. The van der Waals surface area contributed by atoms with E-state index < -0.39 is 0 Å². The second-order valence-corrected chi connectivity index (χ2v) is 3.05. The van der Waals surface area contributed by atoms with Gasteiger partial charge in [-0.3, -0.25) is 4.79 Å². The molecule has 0 atom stereocenters. The molecule has 0 fully saturated rings. The Labute approximate surface area is 77.9 Å². The summed E-state index contributed by atoms with van der Waals surface area (Å²) in [4.78, 5) is 10.4. The molecule has 0 unspecified atom stereocenters. The fraction of sp³-hybridized carbons (Fsp3) is 0.556. The molecule has 1 aromatic heterocycles. The van der Waals surface area contributed by atoms with Crippen LogP contribution >= 0.6 is 0 Å². The molecule has 0 aromatic carbocycles. The van der Waals surface area contributed by atoms with Crippen LogP contribution in [0.2, 0.25) is 0 Å². The van der Waals surface area contributed by atoms with Gasteiger partial charge in [0.2, 0.25) is 6.41 Å². The van der Waals surface area contributed by atoms with Crippen molar-refractivity contribution < 1.29 is 4.79 Å². The molecule has 0 spiro atoms. The van der Waals surface area contributed by atoms with E-state index in [-0.39, 0.29) is 0 Å². The van der Waals surface area contributed by atoms with Crippen molar-refractivity contribution in [2.24, 2.45) is 0 Å². The van der Waals surface area contributed by atoms with Crippen molar-refractivity contribution in [1.29, 1.82) is 0 Å². The monoisotopic (exact) mass is 181 g/mol. The van der Waals surface area contributed by atoms with Crippen molar-refractivity contribution >= 4 is 6.41 Å². The van der Waals surface area contributed by atoms with E-state index in [4.69, 9.17) is 0 Å². The van der Waals surface area contributed by atoms with Crippen LogP contribution in [0.4, 0.5) is 0 Å². The van der Waals surface area contributed by atoms with Crippen LogP contribution in [0.1, 0.15) is 17.7 Å². The van der Waals surface area contributed by atoms with E-state index in [0.29, 0.717) is 6.41 Å². The molecule has 0 aliphatic carbocycles. The molecule has 0 saturated carbocycles. The average Bonchev–Trinajstić information content (AvgIpc) is 2.48. The normalized spacial score (nSPS) is 10.3. The molecule has 1 aromatic rings. The van der Waals surface area contributed by atoms with Crippen LogP contribution in [-0.4, -0.2) is 29.8 Å². The van der Waals surface area contributed by atoms with Crippen LogP contribution in [0.25, 0.3) is 0 Å². The first-order valence-electron chi connectivity index (χ1n) is 4.42. The number of aryl methyl sites for hydroxylation is 2. The van der Waals surface area contributed by atoms with Gasteiger partial charge in [-0.05, 0) is 38.9 Å². The average molecular weight is 181 g/mol. The zero-order chi connectivity index (χ0) is 9.68. The topological polar surface area (TPSA) is 46.9 Å². The van der Waals surface area contributed by atoms with Gasteiger partial charge in [-0.15, -0.1) is 0 Å². The summed E-state index contributed by atoms with van der Waals surface area (Å²) in [6.45, 7) is 2.95. The summed E-state index contributed by atoms with van der Waals surface area (Å²) in [6, 6.07) is 0. The molecule has 0 aliphatic rings. The summed E-state index contributed by atoms with van der Waals surface area (Å²) in [5, 5.41) is 7.19. The minimum Gasteiger partial charge on any atom is -0.320 e. The van der Waals surface area contributed by atoms with Crippen LogP contribution in [0.3, 0.4) is 0 Å². The summed E-state index contributed by atoms with van der Waals surface area (Å²) < 4.78 is 1.32. The molecular weight excluding hydrogens is 166 g/mol. The second-order valence-electron chi connectivity index (χ2n) is 3.05. The van der Waals surface area contributed by atoms with Gasteiger partial charge in [-0.25, -0.2) is 4.68 Å². The summed E-state index contributed by atoms with van der Waals surface area (Å²) in [6.07, 6.45) is 4.44. The minimum absolute atomic E-state index is 0.717.